The van der Waals surface area contributed by atoms with Crippen LogP contribution in [-0.2, 0) is 27.0 Å². The predicted octanol–water partition coefficient (Wildman–Crippen LogP) is 2.60. The van der Waals surface area contributed by atoms with Crippen molar-refractivity contribution in [1.82, 2.24) is 0 Å². The number of carbonyl (C=O) groups is 1. The van der Waals surface area contributed by atoms with Gasteiger partial charge in [-0.25, -0.2) is 13.6 Å². The number of nitrogens with one attached hydrogen (secondary N) is 1. The number of aryl methyl sites for hydroxylation is 1. The molecule has 0 bridgehead atoms. The Morgan fingerprint density at radius 3 is 2.12 bits per heavy atom. The minimum absolute atomic E-state index is 0.0743. The molecule has 1 amide bonds. The minimum atomic E-state index is -3.55. The lowest BCUT2D eigenvalue weighted by molar-refractivity contribution is -0.119. The summed E-state index contributed by atoms with van der Waals surface area (Å²) in [5.74, 6) is -0.461. The molecule has 0 aromatic heterocycles. The third kappa shape index (κ3) is 5.79. The second-order valence-electron chi connectivity index (χ2n) is 6.08. The topological polar surface area (TPSA) is 89.3 Å². The zero-order chi connectivity index (χ0) is 17.7. The number of anilines is 1. The van der Waals surface area contributed by atoms with Crippen molar-refractivity contribution >= 4 is 21.6 Å². The zero-order valence-electron chi connectivity index (χ0n) is 13.8. The lowest BCUT2D eigenvalue weighted by atomic mass is 9.99. The Morgan fingerprint density at radius 1 is 1.04 bits per heavy atom. The molecule has 128 valence electrons. The van der Waals surface area contributed by atoms with Crippen LogP contribution in [0.2, 0.25) is 0 Å². The summed E-state index contributed by atoms with van der Waals surface area (Å²) in [4.78, 5) is 12.3. The molecule has 0 aliphatic rings. The average molecular weight is 346 g/mol. The highest BCUT2D eigenvalue weighted by Crippen LogP contribution is 2.15. The van der Waals surface area contributed by atoms with Crippen LogP contribution in [0, 0.1) is 12.8 Å². The van der Waals surface area contributed by atoms with Gasteiger partial charge in [0.25, 0.3) is 0 Å². The van der Waals surface area contributed by atoms with Crippen molar-refractivity contribution < 1.29 is 13.2 Å². The first-order valence-electron chi connectivity index (χ1n) is 7.69. The maximum Gasteiger partial charge on any atom is 0.227 e. The second-order valence-corrected chi connectivity index (χ2v) is 7.70. The van der Waals surface area contributed by atoms with E-state index in [1.54, 1.807) is 24.3 Å². The van der Waals surface area contributed by atoms with Crippen LogP contribution in [0.15, 0.2) is 48.5 Å². The average Bonchev–Trinajstić information content (AvgIpc) is 2.50. The smallest absolute Gasteiger partial charge is 0.227 e. The summed E-state index contributed by atoms with van der Waals surface area (Å²) in [6, 6.07) is 14.8. The van der Waals surface area contributed by atoms with Gasteiger partial charge in [-0.15, -0.1) is 0 Å². The van der Waals surface area contributed by atoms with Crippen molar-refractivity contribution in [3.8, 4) is 0 Å². The number of primary sulfonamides is 1. The third-order valence-corrected chi connectivity index (χ3v) is 4.44. The van der Waals surface area contributed by atoms with Gasteiger partial charge in [-0.05, 0) is 36.6 Å². The fourth-order valence-electron chi connectivity index (χ4n) is 2.35. The maximum absolute atomic E-state index is 12.3. The van der Waals surface area contributed by atoms with Crippen molar-refractivity contribution in [2.45, 2.75) is 26.0 Å². The van der Waals surface area contributed by atoms with E-state index in [9.17, 15) is 13.2 Å². The van der Waals surface area contributed by atoms with Crippen LogP contribution in [0.3, 0.4) is 0 Å². The molecule has 24 heavy (non-hydrogen) atoms. The molecule has 2 rings (SSSR count). The fraction of sp³-hybridized carbons (Fsp3) is 0.278. The molecule has 0 radical (unpaired) electrons. The molecule has 0 aliphatic carbocycles. The molecule has 0 heterocycles. The van der Waals surface area contributed by atoms with Crippen molar-refractivity contribution in [3.05, 3.63) is 65.2 Å². The summed E-state index contributed by atoms with van der Waals surface area (Å²) < 4.78 is 22.1. The first kappa shape index (κ1) is 18.2. The summed E-state index contributed by atoms with van der Waals surface area (Å²) in [5.41, 5.74) is 3.53. The number of hydrogen-bond donors (Lipinski definition) is 2. The normalized spacial score (nSPS) is 12.6. The van der Waals surface area contributed by atoms with E-state index >= 15 is 0 Å². The molecule has 0 spiro atoms. The molecule has 0 fully saturated rings. The van der Waals surface area contributed by atoms with Crippen LogP contribution in [0.25, 0.3) is 0 Å². The summed E-state index contributed by atoms with van der Waals surface area (Å²) in [6.45, 7) is 3.91. The first-order valence-corrected chi connectivity index (χ1v) is 9.40. The molecule has 0 saturated carbocycles. The van der Waals surface area contributed by atoms with Gasteiger partial charge < -0.3 is 5.32 Å². The Labute approximate surface area is 142 Å². The van der Waals surface area contributed by atoms with Crippen LogP contribution < -0.4 is 10.5 Å². The highest BCUT2D eigenvalue weighted by molar-refractivity contribution is 7.88. The molecule has 2 aromatic carbocycles. The lowest BCUT2D eigenvalue weighted by Crippen LogP contribution is -2.22. The monoisotopic (exact) mass is 346 g/mol. The van der Waals surface area contributed by atoms with E-state index in [0.29, 0.717) is 17.7 Å². The van der Waals surface area contributed by atoms with Crippen molar-refractivity contribution in [3.63, 3.8) is 0 Å². The molecule has 3 N–H and O–H groups in total. The lowest BCUT2D eigenvalue weighted by Gasteiger charge is -2.13. The first-order chi connectivity index (χ1) is 11.2. The van der Waals surface area contributed by atoms with E-state index in [2.05, 4.69) is 5.32 Å². The number of hydrogen-bond acceptors (Lipinski definition) is 3. The summed E-state index contributed by atoms with van der Waals surface area (Å²) >= 11 is 0. The van der Waals surface area contributed by atoms with E-state index in [4.69, 9.17) is 5.14 Å². The standard InChI is InChI=1S/C18H22N2O3S/c1-13-3-5-15(6-4-13)11-14(2)18(21)20-17-9-7-16(8-10-17)12-24(19,22)23/h3-10,14H,11-12H2,1-2H3,(H,20,21)(H2,19,22,23)/t14-/m0/s1. The van der Waals surface area contributed by atoms with Crippen LogP contribution >= 0.6 is 0 Å². The maximum atomic E-state index is 12.3. The van der Waals surface area contributed by atoms with Crippen LogP contribution in [-0.4, -0.2) is 14.3 Å². The Hall–Kier alpha value is -2.18. The van der Waals surface area contributed by atoms with E-state index in [1.165, 1.54) is 5.56 Å². The Morgan fingerprint density at radius 2 is 1.58 bits per heavy atom. The SMILES string of the molecule is Cc1ccc(C[C@H](C)C(=O)Nc2ccc(CS(N)(=O)=O)cc2)cc1. The highest BCUT2D eigenvalue weighted by Gasteiger charge is 2.14. The van der Waals surface area contributed by atoms with Crippen molar-refractivity contribution in [2.75, 3.05) is 5.32 Å². The number of carbonyl (C=O) groups excluding carboxylic acids is 1. The summed E-state index contributed by atoms with van der Waals surface area (Å²) in [6.07, 6.45) is 0.662. The van der Waals surface area contributed by atoms with Crippen LogP contribution in [0.1, 0.15) is 23.6 Å². The number of amides is 1. The minimum Gasteiger partial charge on any atom is -0.326 e. The van der Waals surface area contributed by atoms with Gasteiger partial charge in [0.2, 0.25) is 15.9 Å². The number of benzene rings is 2. The van der Waals surface area contributed by atoms with Gasteiger partial charge in [0, 0.05) is 11.6 Å². The van der Waals surface area contributed by atoms with E-state index in [1.807, 2.05) is 38.1 Å². The molecular weight excluding hydrogens is 324 g/mol. The number of rotatable bonds is 6. The van der Waals surface area contributed by atoms with Gasteiger partial charge in [0.1, 0.15) is 0 Å². The van der Waals surface area contributed by atoms with Gasteiger partial charge in [-0.2, -0.15) is 0 Å². The summed E-state index contributed by atoms with van der Waals surface area (Å²) in [7, 11) is -3.55. The van der Waals surface area contributed by atoms with Crippen LogP contribution in [0.5, 0.6) is 0 Å². The fourth-order valence-corrected chi connectivity index (χ4v) is 3.01. The molecule has 1 atom stereocenters. The molecule has 0 aliphatic heterocycles. The quantitative estimate of drug-likeness (QED) is 0.842. The second kappa shape index (κ2) is 7.59. The molecule has 0 unspecified atom stereocenters. The molecule has 5 nitrogen and oxygen atoms in total. The molecule has 6 heteroatoms. The Kier molecular flexibility index (Phi) is 5.75. The number of sulfonamides is 1. The van der Waals surface area contributed by atoms with Crippen molar-refractivity contribution in [1.29, 1.82) is 0 Å². The Balaban J connectivity index is 1.94. The highest BCUT2D eigenvalue weighted by atomic mass is 32.2. The van der Waals surface area contributed by atoms with Gasteiger partial charge in [0.05, 0.1) is 5.75 Å². The molecule has 2 aromatic rings. The Bertz CT molecular complexity index is 797. The van der Waals surface area contributed by atoms with E-state index in [0.717, 1.165) is 5.56 Å². The van der Waals surface area contributed by atoms with Gasteiger partial charge >= 0.3 is 0 Å². The van der Waals surface area contributed by atoms with Gasteiger partial charge in [0.15, 0.2) is 0 Å². The van der Waals surface area contributed by atoms with Crippen LogP contribution in [0.4, 0.5) is 5.69 Å². The van der Waals surface area contributed by atoms with E-state index < -0.39 is 10.0 Å². The molecule has 0 saturated heterocycles. The van der Waals surface area contributed by atoms with Gasteiger partial charge in [-0.1, -0.05) is 48.9 Å². The van der Waals surface area contributed by atoms with Crippen molar-refractivity contribution in [2.24, 2.45) is 11.1 Å². The third-order valence-electron chi connectivity index (χ3n) is 3.70. The summed E-state index contributed by atoms with van der Waals surface area (Å²) in [5, 5.41) is 7.85. The van der Waals surface area contributed by atoms with Gasteiger partial charge in [-0.3, -0.25) is 4.79 Å². The zero-order valence-corrected chi connectivity index (χ0v) is 14.6. The predicted molar refractivity (Wildman–Crippen MR) is 95.9 cm³/mol. The number of nitrogens with two attached hydrogens (primary N) is 1. The molecular formula is C18H22N2O3S. The van der Waals surface area contributed by atoms with E-state index in [-0.39, 0.29) is 17.6 Å². The largest absolute Gasteiger partial charge is 0.326 e.